The first kappa shape index (κ1) is 14.5. The zero-order valence-corrected chi connectivity index (χ0v) is 13.0. The highest BCUT2D eigenvalue weighted by atomic mass is 35.5. The molecule has 0 amide bonds. The van der Waals surface area contributed by atoms with E-state index in [1.54, 1.807) is 18.2 Å². The molecule has 5 nitrogen and oxygen atoms in total. The fraction of sp³-hybridized carbons (Fsp3) is 0.429. The molecule has 0 bridgehead atoms. The van der Waals surface area contributed by atoms with Gasteiger partial charge in [-0.15, -0.1) is 0 Å². The standard InChI is InChI=1S/C14H17Cl2N5/c15-9-4-5-10(16)11(8-9)21-13(18)19-12(17)20-14(21)6-2-1-3-7-14/h4-5,8H,1-3,6-7H2,(H4,17,18,19,20). The molecule has 7 heteroatoms. The lowest BCUT2D eigenvalue weighted by molar-refractivity contribution is 0.305. The Morgan fingerprint density at radius 1 is 1.10 bits per heavy atom. The Kier molecular flexibility index (Phi) is 3.71. The maximum Gasteiger partial charge on any atom is 0.220 e. The molecule has 3 rings (SSSR count). The summed E-state index contributed by atoms with van der Waals surface area (Å²) < 4.78 is 0. The van der Waals surface area contributed by atoms with Crippen LogP contribution >= 0.6 is 23.2 Å². The van der Waals surface area contributed by atoms with Crippen molar-refractivity contribution in [1.82, 2.24) is 0 Å². The number of rotatable bonds is 1. The zero-order chi connectivity index (χ0) is 15.0. The van der Waals surface area contributed by atoms with Gasteiger partial charge in [-0.05, 0) is 43.9 Å². The van der Waals surface area contributed by atoms with Gasteiger partial charge in [0, 0.05) is 5.02 Å². The van der Waals surface area contributed by atoms with Crippen LogP contribution in [0.3, 0.4) is 0 Å². The van der Waals surface area contributed by atoms with Crippen molar-refractivity contribution in [3.05, 3.63) is 28.2 Å². The normalized spacial score (nSPS) is 21.1. The fourth-order valence-electron chi connectivity index (χ4n) is 3.13. The molecule has 2 aliphatic rings. The van der Waals surface area contributed by atoms with Crippen molar-refractivity contribution in [2.45, 2.75) is 37.8 Å². The van der Waals surface area contributed by atoms with Gasteiger partial charge in [0.05, 0.1) is 10.7 Å². The summed E-state index contributed by atoms with van der Waals surface area (Å²) in [5.74, 6) is 0.539. The van der Waals surface area contributed by atoms with E-state index in [1.165, 1.54) is 6.42 Å². The topological polar surface area (TPSA) is 80.0 Å². The second-order valence-electron chi connectivity index (χ2n) is 5.41. The van der Waals surface area contributed by atoms with E-state index >= 15 is 0 Å². The lowest BCUT2D eigenvalue weighted by atomic mass is 9.87. The van der Waals surface area contributed by atoms with Crippen LogP contribution in [0.1, 0.15) is 32.1 Å². The first-order valence-electron chi connectivity index (χ1n) is 6.97. The summed E-state index contributed by atoms with van der Waals surface area (Å²) >= 11 is 12.5. The van der Waals surface area contributed by atoms with Crippen molar-refractivity contribution in [3.63, 3.8) is 0 Å². The first-order chi connectivity index (χ1) is 10.0. The first-order valence-corrected chi connectivity index (χ1v) is 7.72. The van der Waals surface area contributed by atoms with Crippen LogP contribution in [0.5, 0.6) is 0 Å². The summed E-state index contributed by atoms with van der Waals surface area (Å²) in [4.78, 5) is 10.6. The van der Waals surface area contributed by atoms with E-state index in [4.69, 9.17) is 34.7 Å². The molecule has 1 aromatic carbocycles. The van der Waals surface area contributed by atoms with Gasteiger partial charge in [0.2, 0.25) is 11.9 Å². The minimum Gasteiger partial charge on any atom is -0.369 e. The van der Waals surface area contributed by atoms with E-state index in [-0.39, 0.29) is 5.96 Å². The van der Waals surface area contributed by atoms with Crippen molar-refractivity contribution < 1.29 is 0 Å². The van der Waals surface area contributed by atoms with E-state index in [9.17, 15) is 0 Å². The van der Waals surface area contributed by atoms with Crippen LogP contribution in [0, 0.1) is 0 Å². The number of halogens is 2. The second-order valence-corrected chi connectivity index (χ2v) is 6.26. The Labute approximate surface area is 133 Å². The van der Waals surface area contributed by atoms with Gasteiger partial charge in [0.1, 0.15) is 5.66 Å². The summed E-state index contributed by atoms with van der Waals surface area (Å²) in [6.07, 6.45) is 5.06. The van der Waals surface area contributed by atoms with E-state index < -0.39 is 5.66 Å². The summed E-state index contributed by atoms with van der Waals surface area (Å²) in [6.45, 7) is 0. The SMILES string of the molecule is NC1=NC2(CCCCC2)N(c2cc(Cl)ccc2Cl)C(N)=N1. The number of hydrogen-bond donors (Lipinski definition) is 2. The third kappa shape index (κ3) is 2.56. The van der Waals surface area contributed by atoms with Gasteiger partial charge in [-0.3, -0.25) is 4.90 Å². The monoisotopic (exact) mass is 325 g/mol. The van der Waals surface area contributed by atoms with Crippen molar-refractivity contribution in [2.75, 3.05) is 4.90 Å². The summed E-state index contributed by atoms with van der Waals surface area (Å²) in [7, 11) is 0. The molecule has 112 valence electrons. The predicted octanol–water partition coefficient (Wildman–Crippen LogP) is 3.10. The third-order valence-corrected chi connectivity index (χ3v) is 4.56. The van der Waals surface area contributed by atoms with E-state index in [2.05, 4.69) is 9.98 Å². The number of aliphatic imine (C=N–C) groups is 2. The summed E-state index contributed by atoms with van der Waals surface area (Å²) in [5, 5.41) is 1.16. The number of guanidine groups is 2. The van der Waals surface area contributed by atoms with Crippen LogP contribution in [-0.4, -0.2) is 17.6 Å². The van der Waals surface area contributed by atoms with E-state index in [0.717, 1.165) is 31.4 Å². The van der Waals surface area contributed by atoms with E-state index in [1.807, 2.05) is 4.90 Å². The molecule has 1 aliphatic carbocycles. The lowest BCUT2D eigenvalue weighted by Crippen LogP contribution is -2.58. The van der Waals surface area contributed by atoms with Crippen molar-refractivity contribution in [3.8, 4) is 0 Å². The number of anilines is 1. The number of nitrogens with zero attached hydrogens (tertiary/aromatic N) is 3. The van der Waals surface area contributed by atoms with Crippen LogP contribution in [0.2, 0.25) is 10.0 Å². The van der Waals surface area contributed by atoms with Crippen LogP contribution in [-0.2, 0) is 0 Å². The Morgan fingerprint density at radius 3 is 2.52 bits per heavy atom. The van der Waals surface area contributed by atoms with Crippen molar-refractivity contribution in [1.29, 1.82) is 0 Å². The third-order valence-electron chi connectivity index (χ3n) is 4.00. The maximum atomic E-state index is 6.34. The van der Waals surface area contributed by atoms with Gasteiger partial charge in [0.25, 0.3) is 0 Å². The molecule has 1 aromatic rings. The van der Waals surface area contributed by atoms with Crippen LogP contribution in [0.15, 0.2) is 28.2 Å². The van der Waals surface area contributed by atoms with Crippen LogP contribution < -0.4 is 16.4 Å². The average Bonchev–Trinajstić information content (AvgIpc) is 2.42. The Balaban J connectivity index is 2.13. The Bertz CT molecular complexity index is 620. The highest BCUT2D eigenvalue weighted by molar-refractivity contribution is 6.36. The molecule has 0 radical (unpaired) electrons. The smallest absolute Gasteiger partial charge is 0.220 e. The highest BCUT2D eigenvalue weighted by Gasteiger charge is 2.43. The maximum absolute atomic E-state index is 6.34. The molecule has 1 spiro atoms. The van der Waals surface area contributed by atoms with Crippen molar-refractivity contribution in [2.24, 2.45) is 21.5 Å². The van der Waals surface area contributed by atoms with E-state index in [0.29, 0.717) is 16.0 Å². The van der Waals surface area contributed by atoms with Gasteiger partial charge in [-0.25, -0.2) is 4.99 Å². The molecular weight excluding hydrogens is 309 g/mol. The molecule has 0 saturated heterocycles. The molecule has 0 atom stereocenters. The predicted molar refractivity (Wildman–Crippen MR) is 88.0 cm³/mol. The van der Waals surface area contributed by atoms with Crippen molar-refractivity contribution >= 4 is 40.8 Å². The average molecular weight is 326 g/mol. The Morgan fingerprint density at radius 2 is 1.81 bits per heavy atom. The van der Waals surface area contributed by atoms with Crippen LogP contribution in [0.4, 0.5) is 5.69 Å². The molecule has 1 fully saturated rings. The summed E-state index contributed by atoms with van der Waals surface area (Å²) in [6, 6.07) is 5.29. The van der Waals surface area contributed by atoms with Gasteiger partial charge in [-0.1, -0.05) is 29.6 Å². The minimum absolute atomic E-state index is 0.226. The zero-order valence-electron chi connectivity index (χ0n) is 11.5. The van der Waals surface area contributed by atoms with Gasteiger partial charge < -0.3 is 11.5 Å². The van der Waals surface area contributed by atoms with Gasteiger partial charge in [-0.2, -0.15) is 4.99 Å². The summed E-state index contributed by atoms with van der Waals surface area (Å²) in [5.41, 5.74) is 12.2. The largest absolute Gasteiger partial charge is 0.369 e. The number of hydrogen-bond acceptors (Lipinski definition) is 5. The van der Waals surface area contributed by atoms with Gasteiger partial charge >= 0.3 is 0 Å². The quantitative estimate of drug-likeness (QED) is 0.832. The number of nitrogens with two attached hydrogens (primary N) is 2. The minimum atomic E-state index is -0.498. The molecule has 21 heavy (non-hydrogen) atoms. The van der Waals surface area contributed by atoms with Crippen LogP contribution in [0.25, 0.3) is 0 Å². The molecule has 4 N–H and O–H groups in total. The highest BCUT2D eigenvalue weighted by Crippen LogP contribution is 2.42. The molecule has 1 aliphatic heterocycles. The molecule has 0 aromatic heterocycles. The number of benzene rings is 1. The lowest BCUT2D eigenvalue weighted by Gasteiger charge is -2.45. The molecule has 0 unspecified atom stereocenters. The second kappa shape index (κ2) is 5.39. The molecule has 1 saturated carbocycles. The molecular formula is C14H17Cl2N5. The Hall–Kier alpha value is -1.46. The fourth-order valence-corrected chi connectivity index (χ4v) is 3.50. The molecule has 1 heterocycles. The van der Waals surface area contributed by atoms with Gasteiger partial charge in [0.15, 0.2) is 0 Å².